The van der Waals surface area contributed by atoms with Crippen LogP contribution >= 0.6 is 0 Å². The maximum atomic E-state index is 13.0. The molecular weight excluding hydrogens is 366 g/mol. The fourth-order valence-electron chi connectivity index (χ4n) is 3.72. The summed E-state index contributed by atoms with van der Waals surface area (Å²) in [4.78, 5) is 28.7. The number of benzene rings is 2. The van der Waals surface area contributed by atoms with Crippen LogP contribution in [0.1, 0.15) is 39.7 Å². The van der Waals surface area contributed by atoms with Gasteiger partial charge in [-0.15, -0.1) is 0 Å². The molecular formula is C24H23NO4. The Morgan fingerprint density at radius 2 is 1.79 bits per heavy atom. The third-order valence-electron chi connectivity index (χ3n) is 5.42. The molecule has 5 heteroatoms. The number of carbonyl (C=O) groups excluding carboxylic acids is 2. The Bertz CT molecular complexity index is 1240. The first-order chi connectivity index (χ1) is 13.8. The minimum Gasteiger partial charge on any atom is -0.464 e. The number of Topliss-reactive ketones (excluding diaryl/α,β-unsaturated/α-hetero) is 1. The highest BCUT2D eigenvalue weighted by atomic mass is 16.5. The van der Waals surface area contributed by atoms with Gasteiger partial charge in [0.05, 0.1) is 12.7 Å². The molecule has 1 N–H and O–H groups in total. The highest BCUT2D eigenvalue weighted by molar-refractivity contribution is 6.11. The smallest absolute Gasteiger partial charge is 0.311 e. The molecule has 2 heterocycles. The Morgan fingerprint density at radius 3 is 2.59 bits per heavy atom. The van der Waals surface area contributed by atoms with E-state index in [1.54, 1.807) is 13.2 Å². The monoisotopic (exact) mass is 389 g/mol. The summed E-state index contributed by atoms with van der Waals surface area (Å²) in [7, 11) is 0. The van der Waals surface area contributed by atoms with Gasteiger partial charge >= 0.3 is 5.97 Å². The van der Waals surface area contributed by atoms with Gasteiger partial charge in [0.1, 0.15) is 5.58 Å². The van der Waals surface area contributed by atoms with Crippen LogP contribution in [-0.4, -0.2) is 22.8 Å². The summed E-state index contributed by atoms with van der Waals surface area (Å²) in [5.74, 6) is -0.666. The number of hydrogen-bond donors (Lipinski definition) is 1. The molecule has 0 unspecified atom stereocenters. The van der Waals surface area contributed by atoms with Gasteiger partial charge in [0.25, 0.3) is 0 Å². The summed E-state index contributed by atoms with van der Waals surface area (Å²) in [6, 6.07) is 11.6. The molecule has 4 aromatic rings. The third-order valence-corrected chi connectivity index (χ3v) is 5.42. The molecule has 148 valence electrons. The number of esters is 1. The zero-order valence-electron chi connectivity index (χ0n) is 17.0. The molecule has 4 rings (SSSR count). The predicted molar refractivity (Wildman–Crippen MR) is 112 cm³/mol. The fraction of sp³-hybridized carbons (Fsp3) is 0.250. The zero-order chi connectivity index (χ0) is 20.7. The lowest BCUT2D eigenvalue weighted by molar-refractivity contribution is -0.145. The molecule has 0 spiro atoms. The normalized spacial score (nSPS) is 12.4. The molecule has 0 saturated carbocycles. The SMILES string of the molecule is Cc1cc2occ(CC(=O)O[C@@H](C)C(=O)c3c(C)[nH]c4ccccc34)c2cc1C. The summed E-state index contributed by atoms with van der Waals surface area (Å²) in [5.41, 5.74) is 6.00. The Balaban J connectivity index is 1.52. The number of H-pyrrole nitrogens is 1. The van der Waals surface area contributed by atoms with Crippen LogP contribution in [0.25, 0.3) is 21.9 Å². The Morgan fingerprint density at radius 1 is 1.07 bits per heavy atom. The minimum absolute atomic E-state index is 0.0555. The van der Waals surface area contributed by atoms with E-state index in [1.807, 2.05) is 57.2 Å². The maximum Gasteiger partial charge on any atom is 0.311 e. The number of nitrogens with one attached hydrogen (secondary N) is 1. The van der Waals surface area contributed by atoms with Crippen LogP contribution in [0, 0.1) is 20.8 Å². The number of furan rings is 1. The first kappa shape index (κ1) is 19.0. The van der Waals surface area contributed by atoms with E-state index < -0.39 is 12.1 Å². The van der Waals surface area contributed by atoms with Crippen molar-refractivity contribution >= 4 is 33.6 Å². The lowest BCUT2D eigenvalue weighted by Crippen LogP contribution is -2.25. The van der Waals surface area contributed by atoms with E-state index in [1.165, 1.54) is 0 Å². The molecule has 0 aliphatic heterocycles. The van der Waals surface area contributed by atoms with Crippen molar-refractivity contribution in [3.05, 3.63) is 70.6 Å². The molecule has 2 aromatic carbocycles. The second-order valence-corrected chi connectivity index (χ2v) is 7.54. The summed E-state index contributed by atoms with van der Waals surface area (Å²) < 4.78 is 11.1. The molecule has 29 heavy (non-hydrogen) atoms. The summed E-state index contributed by atoms with van der Waals surface area (Å²) in [6.07, 6.45) is 0.767. The number of aromatic nitrogens is 1. The van der Waals surface area contributed by atoms with Crippen molar-refractivity contribution in [2.45, 2.75) is 40.2 Å². The largest absolute Gasteiger partial charge is 0.464 e. The Labute approximate surface area is 168 Å². The van der Waals surface area contributed by atoms with Crippen LogP contribution in [0.5, 0.6) is 0 Å². The number of hydrogen-bond acceptors (Lipinski definition) is 4. The van der Waals surface area contributed by atoms with Crippen molar-refractivity contribution in [2.24, 2.45) is 0 Å². The molecule has 5 nitrogen and oxygen atoms in total. The van der Waals surface area contributed by atoms with E-state index in [-0.39, 0.29) is 12.2 Å². The standard InChI is InChI=1S/C24H23NO4/c1-13-9-19-17(12-28-21(19)10-14(13)2)11-22(26)29-16(4)24(27)23-15(3)25-20-8-6-5-7-18(20)23/h5-10,12,16,25H,11H2,1-4H3/t16-/m0/s1. The van der Waals surface area contributed by atoms with Crippen LogP contribution in [0.15, 0.2) is 47.1 Å². The fourth-order valence-corrected chi connectivity index (χ4v) is 3.72. The molecule has 0 saturated heterocycles. The summed E-state index contributed by atoms with van der Waals surface area (Å²) >= 11 is 0. The lowest BCUT2D eigenvalue weighted by Gasteiger charge is -2.12. The van der Waals surface area contributed by atoms with E-state index in [0.29, 0.717) is 5.56 Å². The number of fused-ring (bicyclic) bond motifs is 2. The molecule has 0 aliphatic rings. The number of ether oxygens (including phenoxy) is 1. The number of rotatable bonds is 5. The molecule has 0 aliphatic carbocycles. The zero-order valence-corrected chi connectivity index (χ0v) is 17.0. The maximum absolute atomic E-state index is 13.0. The number of ketones is 1. The predicted octanol–water partition coefficient (Wildman–Crippen LogP) is 5.20. The average molecular weight is 389 g/mol. The van der Waals surface area contributed by atoms with Crippen molar-refractivity contribution in [3.8, 4) is 0 Å². The Kier molecular flexibility index (Phi) is 4.74. The van der Waals surface area contributed by atoms with Crippen LogP contribution in [-0.2, 0) is 16.0 Å². The van der Waals surface area contributed by atoms with Gasteiger partial charge < -0.3 is 14.1 Å². The van der Waals surface area contributed by atoms with Gasteiger partial charge in [-0.2, -0.15) is 0 Å². The van der Waals surface area contributed by atoms with E-state index >= 15 is 0 Å². The lowest BCUT2D eigenvalue weighted by atomic mass is 10.0. The van der Waals surface area contributed by atoms with Crippen LogP contribution < -0.4 is 0 Å². The highest BCUT2D eigenvalue weighted by Gasteiger charge is 2.25. The van der Waals surface area contributed by atoms with Gasteiger partial charge in [0.2, 0.25) is 5.78 Å². The number of carbonyl (C=O) groups is 2. The topological polar surface area (TPSA) is 72.3 Å². The van der Waals surface area contributed by atoms with Crippen LogP contribution in [0.4, 0.5) is 0 Å². The van der Waals surface area contributed by atoms with Crippen molar-refractivity contribution in [3.63, 3.8) is 0 Å². The van der Waals surface area contributed by atoms with E-state index in [2.05, 4.69) is 4.98 Å². The van der Waals surface area contributed by atoms with E-state index in [9.17, 15) is 9.59 Å². The quantitative estimate of drug-likeness (QED) is 0.376. The second kappa shape index (κ2) is 7.24. The minimum atomic E-state index is -0.873. The van der Waals surface area contributed by atoms with Gasteiger partial charge in [0, 0.05) is 33.1 Å². The molecule has 2 aromatic heterocycles. The van der Waals surface area contributed by atoms with Gasteiger partial charge in [-0.25, -0.2) is 0 Å². The summed E-state index contributed by atoms with van der Waals surface area (Å²) in [5, 5.41) is 1.74. The van der Waals surface area contributed by atoms with Crippen LogP contribution in [0.3, 0.4) is 0 Å². The van der Waals surface area contributed by atoms with E-state index in [0.717, 1.165) is 44.3 Å². The first-order valence-electron chi connectivity index (χ1n) is 9.63. The molecule has 0 radical (unpaired) electrons. The van der Waals surface area contributed by atoms with Crippen molar-refractivity contribution in [1.29, 1.82) is 0 Å². The number of aromatic amines is 1. The molecule has 0 amide bonds. The second-order valence-electron chi connectivity index (χ2n) is 7.54. The van der Waals surface area contributed by atoms with Crippen LogP contribution in [0.2, 0.25) is 0 Å². The number of aryl methyl sites for hydroxylation is 3. The van der Waals surface area contributed by atoms with Crippen molar-refractivity contribution < 1.29 is 18.7 Å². The van der Waals surface area contributed by atoms with Gasteiger partial charge in [-0.3, -0.25) is 9.59 Å². The van der Waals surface area contributed by atoms with Crippen molar-refractivity contribution in [2.75, 3.05) is 0 Å². The summed E-state index contributed by atoms with van der Waals surface area (Å²) in [6.45, 7) is 7.51. The van der Waals surface area contributed by atoms with Crippen molar-refractivity contribution in [1.82, 2.24) is 4.98 Å². The van der Waals surface area contributed by atoms with Gasteiger partial charge in [-0.1, -0.05) is 18.2 Å². The first-order valence-corrected chi connectivity index (χ1v) is 9.63. The molecule has 1 atom stereocenters. The van der Waals surface area contributed by atoms with E-state index in [4.69, 9.17) is 9.15 Å². The Hall–Kier alpha value is -3.34. The van der Waals surface area contributed by atoms with Gasteiger partial charge in [0.15, 0.2) is 6.10 Å². The average Bonchev–Trinajstić information content (AvgIpc) is 3.21. The van der Waals surface area contributed by atoms with Gasteiger partial charge in [-0.05, 0) is 57.0 Å². The third kappa shape index (κ3) is 3.44. The molecule has 0 bridgehead atoms. The number of para-hydroxylation sites is 1. The molecule has 0 fully saturated rings. The highest BCUT2D eigenvalue weighted by Crippen LogP contribution is 2.26.